The predicted octanol–water partition coefficient (Wildman–Crippen LogP) is 4.18. The van der Waals surface area contributed by atoms with Crippen molar-refractivity contribution in [3.8, 4) is 0 Å². The van der Waals surface area contributed by atoms with E-state index in [1.165, 1.54) is 50.8 Å². The Morgan fingerprint density at radius 1 is 1.24 bits per heavy atom. The van der Waals surface area contributed by atoms with Crippen molar-refractivity contribution < 1.29 is 0 Å². The van der Waals surface area contributed by atoms with Gasteiger partial charge in [0, 0.05) is 12.5 Å². The second kappa shape index (κ2) is 6.34. The molecule has 1 aromatic rings. The van der Waals surface area contributed by atoms with Gasteiger partial charge in [0.05, 0.1) is 0 Å². The van der Waals surface area contributed by atoms with Crippen LogP contribution in [0, 0.1) is 4.77 Å². The molecule has 1 fully saturated rings. The summed E-state index contributed by atoms with van der Waals surface area (Å²) in [7, 11) is 0. The van der Waals surface area contributed by atoms with E-state index in [4.69, 9.17) is 12.2 Å². The molecule has 1 aromatic heterocycles. The van der Waals surface area contributed by atoms with Gasteiger partial charge in [0.25, 0.3) is 0 Å². The third kappa shape index (κ3) is 3.18. The summed E-state index contributed by atoms with van der Waals surface area (Å²) in [5, 5.41) is 7.45. The number of nitrogens with one attached hydrogen (secondary N) is 1. The van der Waals surface area contributed by atoms with E-state index in [-0.39, 0.29) is 0 Å². The van der Waals surface area contributed by atoms with Crippen molar-refractivity contribution in [3.63, 3.8) is 0 Å². The first kappa shape index (κ1) is 12.8. The van der Waals surface area contributed by atoms with Gasteiger partial charge < -0.3 is 4.57 Å². The average Bonchev–Trinajstić information content (AvgIpc) is 2.62. The first-order chi connectivity index (χ1) is 8.33. The second-order valence-electron chi connectivity index (χ2n) is 5.08. The van der Waals surface area contributed by atoms with Crippen molar-refractivity contribution >= 4 is 12.2 Å². The van der Waals surface area contributed by atoms with Crippen LogP contribution in [0.5, 0.6) is 0 Å². The molecule has 1 N–H and O–H groups in total. The molecule has 17 heavy (non-hydrogen) atoms. The van der Waals surface area contributed by atoms with E-state index in [1.54, 1.807) is 0 Å². The van der Waals surface area contributed by atoms with Crippen LogP contribution in [0.15, 0.2) is 0 Å². The molecule has 4 heteroatoms. The van der Waals surface area contributed by atoms with Crippen molar-refractivity contribution in [1.29, 1.82) is 0 Å². The molecule has 0 unspecified atom stereocenters. The number of hydrogen-bond acceptors (Lipinski definition) is 2. The van der Waals surface area contributed by atoms with Crippen LogP contribution in [-0.4, -0.2) is 14.8 Å². The maximum atomic E-state index is 5.31. The van der Waals surface area contributed by atoms with Crippen molar-refractivity contribution in [3.05, 3.63) is 10.6 Å². The van der Waals surface area contributed by atoms with Crippen LogP contribution >= 0.6 is 12.2 Å². The van der Waals surface area contributed by atoms with Gasteiger partial charge in [0.1, 0.15) is 5.82 Å². The molecule has 96 valence electrons. The van der Waals surface area contributed by atoms with Crippen LogP contribution < -0.4 is 0 Å². The summed E-state index contributed by atoms with van der Waals surface area (Å²) in [6.45, 7) is 3.19. The smallest absolute Gasteiger partial charge is 0.195 e. The Bertz CT molecular complexity index is 386. The van der Waals surface area contributed by atoms with E-state index in [2.05, 4.69) is 21.7 Å². The van der Waals surface area contributed by atoms with Crippen molar-refractivity contribution in [2.45, 2.75) is 70.8 Å². The van der Waals surface area contributed by atoms with Gasteiger partial charge in [-0.05, 0) is 31.5 Å². The monoisotopic (exact) mass is 253 g/mol. The van der Waals surface area contributed by atoms with Gasteiger partial charge >= 0.3 is 0 Å². The van der Waals surface area contributed by atoms with Crippen LogP contribution in [0.4, 0.5) is 0 Å². The van der Waals surface area contributed by atoms with Gasteiger partial charge in [0.2, 0.25) is 0 Å². The highest BCUT2D eigenvalue weighted by Crippen LogP contribution is 2.29. The van der Waals surface area contributed by atoms with E-state index >= 15 is 0 Å². The van der Waals surface area contributed by atoms with Gasteiger partial charge in [-0.15, -0.1) is 0 Å². The second-order valence-corrected chi connectivity index (χ2v) is 5.47. The summed E-state index contributed by atoms with van der Waals surface area (Å²) in [5.74, 6) is 1.83. The fourth-order valence-electron chi connectivity index (χ4n) is 2.80. The zero-order valence-electron chi connectivity index (χ0n) is 10.7. The summed E-state index contributed by atoms with van der Waals surface area (Å²) < 4.78 is 3.01. The zero-order valence-corrected chi connectivity index (χ0v) is 11.6. The highest BCUT2D eigenvalue weighted by molar-refractivity contribution is 7.71. The topological polar surface area (TPSA) is 33.6 Å². The van der Waals surface area contributed by atoms with E-state index in [9.17, 15) is 0 Å². The summed E-state index contributed by atoms with van der Waals surface area (Å²) >= 11 is 5.31. The number of aromatic nitrogens is 3. The fraction of sp³-hybridized carbons (Fsp3) is 0.846. The van der Waals surface area contributed by atoms with Crippen molar-refractivity contribution in [1.82, 2.24) is 14.8 Å². The first-order valence-corrected chi connectivity index (χ1v) is 7.39. The molecule has 0 spiro atoms. The number of nitrogens with zero attached hydrogens (tertiary/aromatic N) is 2. The number of rotatable bonds is 3. The fourth-order valence-corrected chi connectivity index (χ4v) is 3.03. The Kier molecular flexibility index (Phi) is 4.77. The summed E-state index contributed by atoms with van der Waals surface area (Å²) in [6.07, 6.45) is 10.5. The van der Waals surface area contributed by atoms with E-state index < -0.39 is 0 Å². The molecule has 0 atom stereocenters. The van der Waals surface area contributed by atoms with Gasteiger partial charge in [-0.3, -0.25) is 5.10 Å². The SMILES string of the molecule is CCCn1c(C2CCCCCCC2)n[nH]c1=S. The van der Waals surface area contributed by atoms with Crippen LogP contribution in [0.3, 0.4) is 0 Å². The summed E-state index contributed by atoms with van der Waals surface area (Å²) in [4.78, 5) is 0. The lowest BCUT2D eigenvalue weighted by Gasteiger charge is -2.19. The van der Waals surface area contributed by atoms with Gasteiger partial charge in [-0.1, -0.05) is 39.0 Å². The first-order valence-electron chi connectivity index (χ1n) is 6.98. The molecule has 1 aliphatic carbocycles. The van der Waals surface area contributed by atoms with Gasteiger partial charge in [-0.25, -0.2) is 0 Å². The van der Waals surface area contributed by atoms with Gasteiger partial charge in [0.15, 0.2) is 4.77 Å². The lowest BCUT2D eigenvalue weighted by atomic mass is 9.90. The minimum Gasteiger partial charge on any atom is -0.304 e. The predicted molar refractivity (Wildman–Crippen MR) is 72.8 cm³/mol. The maximum absolute atomic E-state index is 5.31. The van der Waals surface area contributed by atoms with Gasteiger partial charge in [-0.2, -0.15) is 5.10 Å². The Hall–Kier alpha value is -0.640. The molecule has 3 nitrogen and oxygen atoms in total. The van der Waals surface area contributed by atoms with Crippen molar-refractivity contribution in [2.24, 2.45) is 0 Å². The molecule has 1 saturated carbocycles. The van der Waals surface area contributed by atoms with Crippen LogP contribution in [0.1, 0.15) is 70.0 Å². The molecule has 1 aliphatic rings. The summed E-state index contributed by atoms with van der Waals surface area (Å²) in [6, 6.07) is 0. The average molecular weight is 253 g/mol. The normalized spacial score (nSPS) is 18.9. The third-order valence-electron chi connectivity index (χ3n) is 3.71. The van der Waals surface area contributed by atoms with Crippen molar-refractivity contribution in [2.75, 3.05) is 0 Å². The highest BCUT2D eigenvalue weighted by atomic mass is 32.1. The standard InChI is InChI=1S/C13H23N3S/c1-2-10-16-12(14-15-13(16)17)11-8-6-4-3-5-7-9-11/h11H,2-10H2,1H3,(H,15,17). The molecular weight excluding hydrogens is 230 g/mol. The number of hydrogen-bond donors (Lipinski definition) is 1. The van der Waals surface area contributed by atoms with E-state index in [0.717, 1.165) is 17.7 Å². The van der Waals surface area contributed by atoms with E-state index in [1.807, 2.05) is 0 Å². The number of H-pyrrole nitrogens is 1. The molecule has 0 aliphatic heterocycles. The Morgan fingerprint density at radius 3 is 2.53 bits per heavy atom. The quantitative estimate of drug-likeness (QED) is 0.820. The Labute approximate surface area is 109 Å². The maximum Gasteiger partial charge on any atom is 0.195 e. The molecule has 0 radical (unpaired) electrons. The summed E-state index contributed by atoms with van der Waals surface area (Å²) in [5.41, 5.74) is 0. The van der Waals surface area contributed by atoms with Crippen LogP contribution in [0.25, 0.3) is 0 Å². The largest absolute Gasteiger partial charge is 0.304 e. The highest BCUT2D eigenvalue weighted by Gasteiger charge is 2.19. The molecule has 0 saturated heterocycles. The van der Waals surface area contributed by atoms with Crippen LogP contribution in [-0.2, 0) is 6.54 Å². The Morgan fingerprint density at radius 2 is 1.88 bits per heavy atom. The Balaban J connectivity index is 2.16. The zero-order chi connectivity index (χ0) is 12.1. The molecule has 1 heterocycles. The lowest BCUT2D eigenvalue weighted by Crippen LogP contribution is -2.11. The van der Waals surface area contributed by atoms with Crippen LogP contribution in [0.2, 0.25) is 0 Å². The minimum atomic E-state index is 0.620. The minimum absolute atomic E-state index is 0.620. The molecule has 0 bridgehead atoms. The van der Waals surface area contributed by atoms with E-state index in [0.29, 0.717) is 5.92 Å². The number of aromatic amines is 1. The molecule has 0 amide bonds. The molecule has 0 aromatic carbocycles. The molecule has 2 rings (SSSR count). The lowest BCUT2D eigenvalue weighted by molar-refractivity contribution is 0.427. The molecular formula is C13H23N3S. The third-order valence-corrected chi connectivity index (χ3v) is 4.02.